The fourth-order valence-electron chi connectivity index (χ4n) is 4.46. The zero-order valence-electron chi connectivity index (χ0n) is 20.0. The minimum Gasteiger partial charge on any atom is -0.387 e. The molecule has 0 radical (unpaired) electrons. The first-order chi connectivity index (χ1) is 16.4. The summed E-state index contributed by atoms with van der Waals surface area (Å²) in [5, 5.41) is 29.7. The average Bonchev–Trinajstić information content (AvgIpc) is 2.85. The van der Waals surface area contributed by atoms with E-state index in [-0.39, 0.29) is 18.0 Å². The van der Waals surface area contributed by atoms with Crippen LogP contribution in [0, 0.1) is 25.2 Å². The lowest BCUT2D eigenvalue weighted by Gasteiger charge is -2.24. The predicted octanol–water partition coefficient (Wildman–Crippen LogP) is 4.24. The summed E-state index contributed by atoms with van der Waals surface area (Å²) in [4.78, 5) is 13.1. The number of carbonyl (C=O) groups is 1. The summed E-state index contributed by atoms with van der Waals surface area (Å²) in [5.74, 6) is 0.518. The van der Waals surface area contributed by atoms with E-state index in [2.05, 4.69) is 32.2 Å². The fourth-order valence-corrected chi connectivity index (χ4v) is 4.46. The molecule has 1 fully saturated rings. The number of amides is 1. The Bertz CT molecular complexity index is 1260. The van der Waals surface area contributed by atoms with Crippen molar-refractivity contribution in [1.29, 1.82) is 5.26 Å². The maximum atomic E-state index is 13.1. The third-order valence-electron chi connectivity index (χ3n) is 6.49. The standard InChI is InChI=1S/C26H30N6O2/c1-15-18(14-27)6-5-7-20(15)16(2)29-25-22-13-24(28-4)23(12-21(22)17(3)31-32-25)26(33)30-19-8-10-34-11-9-19/h5-7,12-13,16,19,28H,8-11H2,1-4H3,(H,29,32)(H,30,33)/t16-/m1/s1. The second-order valence-corrected chi connectivity index (χ2v) is 8.69. The average molecular weight is 459 g/mol. The normalized spacial score (nSPS) is 14.9. The third kappa shape index (κ3) is 4.66. The molecule has 4 rings (SSSR count). The molecule has 2 heterocycles. The topological polar surface area (TPSA) is 112 Å². The number of nitrogens with zero attached hydrogens (tertiary/aromatic N) is 3. The van der Waals surface area contributed by atoms with Gasteiger partial charge in [0.1, 0.15) is 0 Å². The number of ether oxygens (including phenoxy) is 1. The van der Waals surface area contributed by atoms with Crippen LogP contribution in [0.5, 0.6) is 0 Å². The van der Waals surface area contributed by atoms with Crippen molar-refractivity contribution in [3.05, 3.63) is 58.3 Å². The first-order valence-electron chi connectivity index (χ1n) is 11.6. The van der Waals surface area contributed by atoms with Crippen molar-refractivity contribution < 1.29 is 9.53 Å². The number of aromatic nitrogens is 2. The van der Waals surface area contributed by atoms with Gasteiger partial charge in [0.05, 0.1) is 28.9 Å². The molecule has 0 aliphatic carbocycles. The Balaban J connectivity index is 1.69. The first-order valence-corrected chi connectivity index (χ1v) is 11.6. The van der Waals surface area contributed by atoms with Crippen LogP contribution in [-0.2, 0) is 4.74 Å². The van der Waals surface area contributed by atoms with Crippen LogP contribution in [0.2, 0.25) is 0 Å². The number of nitrogens with one attached hydrogen (secondary N) is 3. The molecule has 176 valence electrons. The van der Waals surface area contributed by atoms with E-state index in [9.17, 15) is 10.1 Å². The number of hydrogen-bond donors (Lipinski definition) is 3. The van der Waals surface area contributed by atoms with Crippen LogP contribution < -0.4 is 16.0 Å². The van der Waals surface area contributed by atoms with E-state index in [4.69, 9.17) is 4.74 Å². The number of anilines is 2. The number of carbonyl (C=O) groups excluding carboxylic acids is 1. The molecule has 0 spiro atoms. The van der Waals surface area contributed by atoms with Gasteiger partial charge >= 0.3 is 0 Å². The van der Waals surface area contributed by atoms with Crippen molar-refractivity contribution in [3.63, 3.8) is 0 Å². The lowest BCUT2D eigenvalue weighted by atomic mass is 9.98. The fraction of sp³-hybridized carbons (Fsp3) is 0.385. The van der Waals surface area contributed by atoms with Crippen molar-refractivity contribution in [2.75, 3.05) is 30.9 Å². The summed E-state index contributed by atoms with van der Waals surface area (Å²) >= 11 is 0. The number of aryl methyl sites for hydroxylation is 1. The molecule has 1 atom stereocenters. The van der Waals surface area contributed by atoms with Crippen LogP contribution in [0.25, 0.3) is 10.8 Å². The highest BCUT2D eigenvalue weighted by molar-refractivity contribution is 6.06. The highest BCUT2D eigenvalue weighted by atomic mass is 16.5. The lowest BCUT2D eigenvalue weighted by molar-refractivity contribution is 0.0697. The Kier molecular flexibility index (Phi) is 6.94. The molecule has 0 unspecified atom stereocenters. The molecule has 1 saturated heterocycles. The molecular formula is C26H30N6O2. The van der Waals surface area contributed by atoms with Gasteiger partial charge in [-0.05, 0) is 62.9 Å². The molecule has 2 aromatic carbocycles. The molecule has 8 nitrogen and oxygen atoms in total. The summed E-state index contributed by atoms with van der Waals surface area (Å²) in [6.07, 6.45) is 1.63. The summed E-state index contributed by atoms with van der Waals surface area (Å²) in [6.45, 7) is 7.21. The van der Waals surface area contributed by atoms with Gasteiger partial charge in [0.25, 0.3) is 5.91 Å². The summed E-state index contributed by atoms with van der Waals surface area (Å²) < 4.78 is 5.40. The maximum absolute atomic E-state index is 13.1. The Morgan fingerprint density at radius 2 is 1.94 bits per heavy atom. The molecule has 0 bridgehead atoms. The lowest BCUT2D eigenvalue weighted by Crippen LogP contribution is -2.39. The second-order valence-electron chi connectivity index (χ2n) is 8.69. The number of fused-ring (bicyclic) bond motifs is 1. The molecule has 1 aliphatic rings. The van der Waals surface area contributed by atoms with Gasteiger partial charge in [-0.2, -0.15) is 10.4 Å². The summed E-state index contributed by atoms with van der Waals surface area (Å²) in [6, 6.07) is 11.8. The van der Waals surface area contributed by atoms with E-state index in [1.54, 1.807) is 7.05 Å². The van der Waals surface area contributed by atoms with Gasteiger partial charge in [0, 0.05) is 42.8 Å². The van der Waals surface area contributed by atoms with Crippen LogP contribution in [0.1, 0.15) is 58.5 Å². The number of benzene rings is 2. The van der Waals surface area contributed by atoms with Crippen LogP contribution in [0.4, 0.5) is 11.5 Å². The predicted molar refractivity (Wildman–Crippen MR) is 133 cm³/mol. The largest absolute Gasteiger partial charge is 0.387 e. The van der Waals surface area contributed by atoms with E-state index in [1.165, 1.54) is 0 Å². The van der Waals surface area contributed by atoms with E-state index < -0.39 is 0 Å². The highest BCUT2D eigenvalue weighted by Crippen LogP contribution is 2.32. The highest BCUT2D eigenvalue weighted by Gasteiger charge is 2.21. The second kappa shape index (κ2) is 10.1. The van der Waals surface area contributed by atoms with Crippen LogP contribution >= 0.6 is 0 Å². The molecule has 1 amide bonds. The Morgan fingerprint density at radius 3 is 2.65 bits per heavy atom. The Labute approximate surface area is 199 Å². The molecule has 8 heteroatoms. The SMILES string of the molecule is CNc1cc2c(N[C@H](C)c3cccc(C#N)c3C)nnc(C)c2cc1C(=O)NC1CCOCC1. The van der Waals surface area contributed by atoms with E-state index in [0.717, 1.165) is 46.1 Å². The van der Waals surface area contributed by atoms with Gasteiger partial charge in [-0.3, -0.25) is 4.79 Å². The van der Waals surface area contributed by atoms with Crippen molar-refractivity contribution in [2.24, 2.45) is 0 Å². The van der Waals surface area contributed by atoms with Crippen LogP contribution in [-0.4, -0.2) is 42.4 Å². The minimum atomic E-state index is -0.110. The van der Waals surface area contributed by atoms with Crippen molar-refractivity contribution in [1.82, 2.24) is 15.5 Å². The third-order valence-corrected chi connectivity index (χ3v) is 6.49. The van der Waals surface area contributed by atoms with Gasteiger partial charge in [-0.15, -0.1) is 5.10 Å². The Hall–Kier alpha value is -3.70. The smallest absolute Gasteiger partial charge is 0.253 e. The molecule has 0 saturated carbocycles. The monoisotopic (exact) mass is 458 g/mol. The van der Waals surface area contributed by atoms with E-state index >= 15 is 0 Å². The van der Waals surface area contributed by atoms with Crippen molar-refractivity contribution >= 4 is 28.2 Å². The molecule has 3 aromatic rings. The van der Waals surface area contributed by atoms with Crippen molar-refractivity contribution in [3.8, 4) is 6.07 Å². The first kappa shape index (κ1) is 23.5. The number of rotatable bonds is 6. The summed E-state index contributed by atoms with van der Waals surface area (Å²) in [5.41, 5.74) is 4.67. The minimum absolute atomic E-state index is 0.0944. The summed E-state index contributed by atoms with van der Waals surface area (Å²) in [7, 11) is 1.81. The van der Waals surface area contributed by atoms with Crippen molar-refractivity contribution in [2.45, 2.75) is 45.7 Å². The maximum Gasteiger partial charge on any atom is 0.253 e. The molecule has 3 N–H and O–H groups in total. The molecule has 1 aromatic heterocycles. The van der Waals surface area contributed by atoms with Crippen LogP contribution in [0.3, 0.4) is 0 Å². The molecular weight excluding hydrogens is 428 g/mol. The van der Waals surface area contributed by atoms with Gasteiger partial charge in [0.15, 0.2) is 5.82 Å². The zero-order valence-corrected chi connectivity index (χ0v) is 20.0. The van der Waals surface area contributed by atoms with E-state index in [0.29, 0.717) is 30.2 Å². The van der Waals surface area contributed by atoms with Gasteiger partial charge in [0.2, 0.25) is 0 Å². The van der Waals surface area contributed by atoms with Gasteiger partial charge in [-0.25, -0.2) is 0 Å². The molecule has 34 heavy (non-hydrogen) atoms. The zero-order chi connectivity index (χ0) is 24.2. The number of hydrogen-bond acceptors (Lipinski definition) is 7. The van der Waals surface area contributed by atoms with Crippen LogP contribution in [0.15, 0.2) is 30.3 Å². The number of nitriles is 1. The quantitative estimate of drug-likeness (QED) is 0.506. The Morgan fingerprint density at radius 1 is 1.18 bits per heavy atom. The van der Waals surface area contributed by atoms with E-state index in [1.807, 2.05) is 51.1 Å². The van der Waals surface area contributed by atoms with Gasteiger partial charge in [-0.1, -0.05) is 12.1 Å². The van der Waals surface area contributed by atoms with Gasteiger partial charge < -0.3 is 20.7 Å². The molecule has 1 aliphatic heterocycles.